The van der Waals surface area contributed by atoms with Crippen LogP contribution in [0.25, 0.3) is 0 Å². The Morgan fingerprint density at radius 2 is 1.67 bits per heavy atom. The molecule has 4 heteroatoms. The molecule has 1 saturated heterocycles. The van der Waals surface area contributed by atoms with Gasteiger partial charge in [0.1, 0.15) is 0 Å². The molecule has 5 fully saturated rings. The second-order valence-corrected chi connectivity index (χ2v) is 13.0. The predicted octanol–water partition coefficient (Wildman–Crippen LogP) is 5.03. The van der Waals surface area contributed by atoms with Gasteiger partial charge < -0.3 is 19.3 Å². The first-order valence-electron chi connectivity index (χ1n) is 12.5. The summed E-state index contributed by atoms with van der Waals surface area (Å²) in [7, 11) is 1.92. The van der Waals surface area contributed by atoms with Gasteiger partial charge in [-0.15, -0.1) is 0 Å². The highest BCUT2D eigenvalue weighted by Gasteiger charge is 2.70. The van der Waals surface area contributed by atoms with E-state index in [2.05, 4.69) is 34.6 Å². The molecular weight excluding hydrogens is 376 g/mol. The van der Waals surface area contributed by atoms with Crippen molar-refractivity contribution in [1.29, 1.82) is 0 Å². The zero-order valence-electron chi connectivity index (χ0n) is 20.1. The summed E-state index contributed by atoms with van der Waals surface area (Å²) in [4.78, 5) is 0. The Balaban J connectivity index is 1.48. The predicted molar refractivity (Wildman–Crippen MR) is 117 cm³/mol. The van der Waals surface area contributed by atoms with Crippen LogP contribution < -0.4 is 0 Å². The molecule has 0 aromatic rings. The van der Waals surface area contributed by atoms with E-state index in [1.54, 1.807) is 0 Å². The van der Waals surface area contributed by atoms with Gasteiger partial charge in [0.25, 0.3) is 0 Å². The molecule has 4 nitrogen and oxygen atoms in total. The molecule has 0 radical (unpaired) electrons. The number of aliphatic hydroxyl groups excluding tert-OH is 1. The molecule has 0 bridgehead atoms. The number of rotatable bonds is 1. The Morgan fingerprint density at radius 3 is 2.33 bits per heavy atom. The Kier molecular flexibility index (Phi) is 5.00. The molecule has 4 aliphatic carbocycles. The number of methoxy groups -OCH3 is 1. The third-order valence-corrected chi connectivity index (χ3v) is 10.7. The fourth-order valence-corrected chi connectivity index (χ4v) is 9.04. The molecule has 5 rings (SSSR count). The fourth-order valence-electron chi connectivity index (χ4n) is 9.04. The molecule has 1 spiro atoms. The van der Waals surface area contributed by atoms with Gasteiger partial charge in [0.05, 0.1) is 25.4 Å². The van der Waals surface area contributed by atoms with E-state index in [0.717, 1.165) is 38.9 Å². The summed E-state index contributed by atoms with van der Waals surface area (Å²) >= 11 is 0. The van der Waals surface area contributed by atoms with Gasteiger partial charge >= 0.3 is 0 Å². The van der Waals surface area contributed by atoms with Gasteiger partial charge in [0.15, 0.2) is 5.79 Å². The van der Waals surface area contributed by atoms with Crippen LogP contribution in [-0.2, 0) is 14.2 Å². The monoisotopic (exact) mass is 420 g/mol. The molecule has 172 valence electrons. The van der Waals surface area contributed by atoms with Crippen LogP contribution in [0.2, 0.25) is 0 Å². The van der Waals surface area contributed by atoms with Gasteiger partial charge in [0, 0.05) is 24.4 Å². The third-order valence-electron chi connectivity index (χ3n) is 10.7. The van der Waals surface area contributed by atoms with Crippen molar-refractivity contribution in [3.05, 3.63) is 0 Å². The maximum Gasteiger partial charge on any atom is 0.173 e. The molecule has 0 aromatic heterocycles. The average molecular weight is 421 g/mol. The molecule has 9 atom stereocenters. The lowest BCUT2D eigenvalue weighted by atomic mass is 9.43. The highest BCUT2D eigenvalue weighted by Crippen LogP contribution is 2.70. The first kappa shape index (κ1) is 21.7. The maximum atomic E-state index is 10.6. The number of ether oxygens (including phenoxy) is 3. The van der Waals surface area contributed by atoms with Crippen LogP contribution in [0.1, 0.15) is 79.6 Å². The van der Waals surface area contributed by atoms with Gasteiger partial charge in [-0.2, -0.15) is 0 Å². The number of hydrogen-bond acceptors (Lipinski definition) is 4. The molecule has 5 aliphatic rings. The topological polar surface area (TPSA) is 47.9 Å². The molecule has 4 saturated carbocycles. The lowest BCUT2D eigenvalue weighted by Crippen LogP contribution is -2.64. The quantitative estimate of drug-likeness (QED) is 0.646. The minimum absolute atomic E-state index is 0.0222. The zero-order valence-corrected chi connectivity index (χ0v) is 20.1. The average Bonchev–Trinajstić information content (AvgIpc) is 2.97. The second kappa shape index (κ2) is 6.92. The van der Waals surface area contributed by atoms with Gasteiger partial charge in [-0.3, -0.25) is 0 Å². The SMILES string of the molecule is COC1CC2(C)C(CCC23OCC(C)(C)CO3)C2CCC3CC(O)C(C)CC3(C)C12. The molecule has 1 N–H and O–H groups in total. The van der Waals surface area contributed by atoms with Crippen LogP contribution >= 0.6 is 0 Å². The van der Waals surface area contributed by atoms with Crippen molar-refractivity contribution in [2.45, 2.75) is 97.6 Å². The van der Waals surface area contributed by atoms with Gasteiger partial charge in [-0.25, -0.2) is 0 Å². The first-order valence-corrected chi connectivity index (χ1v) is 12.5. The Labute approximate surface area is 183 Å². The van der Waals surface area contributed by atoms with Crippen LogP contribution in [0.5, 0.6) is 0 Å². The third kappa shape index (κ3) is 2.85. The number of aliphatic hydroxyl groups is 1. The van der Waals surface area contributed by atoms with E-state index in [1.165, 1.54) is 19.3 Å². The van der Waals surface area contributed by atoms with Gasteiger partial charge in [0.2, 0.25) is 0 Å². The molecular formula is C26H44O4. The molecule has 0 amide bonds. The normalized spacial score (nSPS) is 54.3. The Bertz CT molecular complexity index is 666. The van der Waals surface area contributed by atoms with E-state index in [4.69, 9.17) is 14.2 Å². The number of hydrogen-bond donors (Lipinski definition) is 1. The summed E-state index contributed by atoms with van der Waals surface area (Å²) < 4.78 is 19.6. The van der Waals surface area contributed by atoms with Crippen molar-refractivity contribution in [1.82, 2.24) is 0 Å². The van der Waals surface area contributed by atoms with Crippen LogP contribution in [0.3, 0.4) is 0 Å². The van der Waals surface area contributed by atoms with E-state index in [-0.39, 0.29) is 28.5 Å². The first-order chi connectivity index (χ1) is 14.1. The van der Waals surface area contributed by atoms with Crippen LogP contribution in [0.4, 0.5) is 0 Å². The highest BCUT2D eigenvalue weighted by molar-refractivity contribution is 5.15. The summed E-state index contributed by atoms with van der Waals surface area (Å²) in [5, 5.41) is 10.6. The number of fused-ring (bicyclic) bond motifs is 6. The van der Waals surface area contributed by atoms with E-state index in [0.29, 0.717) is 29.6 Å². The Hall–Kier alpha value is -0.160. The minimum atomic E-state index is -0.428. The van der Waals surface area contributed by atoms with Gasteiger partial charge in [-0.05, 0) is 73.5 Å². The lowest BCUT2D eigenvalue weighted by Gasteiger charge is -2.64. The van der Waals surface area contributed by atoms with E-state index >= 15 is 0 Å². The molecule has 1 heterocycles. The van der Waals surface area contributed by atoms with Crippen molar-refractivity contribution in [2.75, 3.05) is 20.3 Å². The standard InChI is InChI=1S/C26H44O4/c1-16-12-24(4)17(11-20(16)27)7-8-18-19-9-10-26(29-14-23(2,3)15-30-26)25(19,5)13-21(28-6)22(18)24/h16-22,27H,7-15H2,1-6H3. The summed E-state index contributed by atoms with van der Waals surface area (Å²) in [5.41, 5.74) is 0.395. The smallest absolute Gasteiger partial charge is 0.173 e. The minimum Gasteiger partial charge on any atom is -0.393 e. The van der Waals surface area contributed by atoms with Crippen molar-refractivity contribution in [2.24, 2.45) is 45.8 Å². The van der Waals surface area contributed by atoms with Crippen molar-refractivity contribution in [3.8, 4) is 0 Å². The van der Waals surface area contributed by atoms with E-state index < -0.39 is 5.79 Å². The van der Waals surface area contributed by atoms with E-state index in [1.807, 2.05) is 7.11 Å². The summed E-state index contributed by atoms with van der Waals surface area (Å²) in [6.07, 6.45) is 8.04. The van der Waals surface area contributed by atoms with Crippen molar-refractivity contribution < 1.29 is 19.3 Å². The molecule has 9 unspecified atom stereocenters. The Morgan fingerprint density at radius 1 is 0.967 bits per heavy atom. The van der Waals surface area contributed by atoms with Gasteiger partial charge in [-0.1, -0.05) is 34.6 Å². The molecule has 1 aliphatic heterocycles. The summed E-state index contributed by atoms with van der Waals surface area (Å²) in [5.74, 6) is 2.50. The van der Waals surface area contributed by atoms with Crippen LogP contribution in [-0.4, -0.2) is 43.4 Å². The van der Waals surface area contributed by atoms with Crippen LogP contribution in [0, 0.1) is 45.8 Å². The van der Waals surface area contributed by atoms with Crippen molar-refractivity contribution in [3.63, 3.8) is 0 Å². The highest BCUT2D eigenvalue weighted by atomic mass is 16.7. The van der Waals surface area contributed by atoms with Crippen molar-refractivity contribution >= 4 is 0 Å². The largest absolute Gasteiger partial charge is 0.393 e. The molecule has 30 heavy (non-hydrogen) atoms. The van der Waals surface area contributed by atoms with E-state index in [9.17, 15) is 5.11 Å². The summed E-state index contributed by atoms with van der Waals surface area (Å²) in [6, 6.07) is 0. The maximum absolute atomic E-state index is 10.6. The lowest BCUT2D eigenvalue weighted by molar-refractivity contribution is -0.354. The zero-order chi connectivity index (χ0) is 21.5. The fraction of sp³-hybridized carbons (Fsp3) is 1.00. The van der Waals surface area contributed by atoms with Crippen LogP contribution in [0.15, 0.2) is 0 Å². The molecule has 0 aromatic carbocycles. The summed E-state index contributed by atoms with van der Waals surface area (Å²) in [6.45, 7) is 13.3. The second-order valence-electron chi connectivity index (χ2n) is 13.0.